The first-order valence-corrected chi connectivity index (χ1v) is 5.77. The molecule has 1 rings (SSSR count). The molecule has 1 aliphatic rings. The number of aliphatic hydroxyl groups is 1. The van der Waals surface area contributed by atoms with Crippen molar-refractivity contribution < 1.29 is 9.84 Å². The maximum Gasteiger partial charge on any atom is 0.0948 e. The second-order valence-electron chi connectivity index (χ2n) is 4.62. The van der Waals surface area contributed by atoms with Gasteiger partial charge >= 0.3 is 0 Å². The third-order valence-corrected chi connectivity index (χ3v) is 3.48. The van der Waals surface area contributed by atoms with Crippen molar-refractivity contribution in [1.82, 2.24) is 0 Å². The van der Waals surface area contributed by atoms with Crippen LogP contribution in [0.1, 0.15) is 46.0 Å². The van der Waals surface area contributed by atoms with Crippen LogP contribution in [0.5, 0.6) is 0 Å². The van der Waals surface area contributed by atoms with E-state index < -0.39 is 6.10 Å². The number of methoxy groups -OCH3 is 1. The lowest BCUT2D eigenvalue weighted by atomic mass is 9.75. The van der Waals surface area contributed by atoms with Crippen molar-refractivity contribution >= 4 is 0 Å². The molecule has 3 atom stereocenters. The number of aliphatic hydroxyl groups excluding tert-OH is 1. The molecular formula is C13H22O2. The topological polar surface area (TPSA) is 29.5 Å². The van der Waals surface area contributed by atoms with E-state index in [0.29, 0.717) is 12.3 Å². The van der Waals surface area contributed by atoms with Gasteiger partial charge in [0, 0.05) is 13.5 Å². The summed E-state index contributed by atoms with van der Waals surface area (Å²) in [7, 11) is 1.71. The van der Waals surface area contributed by atoms with Crippen LogP contribution in [0.4, 0.5) is 0 Å². The van der Waals surface area contributed by atoms with Crippen LogP contribution in [-0.2, 0) is 4.74 Å². The van der Waals surface area contributed by atoms with Crippen molar-refractivity contribution in [3.8, 4) is 11.8 Å². The predicted molar refractivity (Wildman–Crippen MR) is 61.4 cm³/mol. The van der Waals surface area contributed by atoms with Crippen molar-refractivity contribution in [2.45, 2.75) is 57.7 Å². The van der Waals surface area contributed by atoms with Crippen molar-refractivity contribution in [2.24, 2.45) is 5.92 Å². The van der Waals surface area contributed by atoms with E-state index in [1.165, 1.54) is 6.42 Å². The molecule has 1 fully saturated rings. The monoisotopic (exact) mass is 210 g/mol. The smallest absolute Gasteiger partial charge is 0.0948 e. The molecule has 0 aromatic rings. The van der Waals surface area contributed by atoms with Crippen molar-refractivity contribution in [1.29, 1.82) is 0 Å². The average molecular weight is 210 g/mol. The summed E-state index contributed by atoms with van der Waals surface area (Å²) in [4.78, 5) is 0. The summed E-state index contributed by atoms with van der Waals surface area (Å²) >= 11 is 0. The minimum Gasteiger partial charge on any atom is -0.389 e. The summed E-state index contributed by atoms with van der Waals surface area (Å²) in [6, 6.07) is 0. The molecule has 0 aliphatic heterocycles. The van der Waals surface area contributed by atoms with E-state index in [0.717, 1.165) is 19.3 Å². The van der Waals surface area contributed by atoms with Crippen LogP contribution in [0, 0.1) is 17.8 Å². The molecule has 1 N–H and O–H groups in total. The van der Waals surface area contributed by atoms with Gasteiger partial charge in [0.2, 0.25) is 0 Å². The SMILES string of the molecule is CC#CCC(O)C1(OC)CCCC(C)C1. The van der Waals surface area contributed by atoms with Crippen LogP contribution >= 0.6 is 0 Å². The molecule has 2 nitrogen and oxygen atoms in total. The van der Waals surface area contributed by atoms with Gasteiger partial charge in [0.15, 0.2) is 0 Å². The van der Waals surface area contributed by atoms with E-state index in [1.807, 2.05) is 0 Å². The van der Waals surface area contributed by atoms with E-state index >= 15 is 0 Å². The fourth-order valence-electron chi connectivity index (χ4n) is 2.55. The number of hydrogen-bond donors (Lipinski definition) is 1. The zero-order chi connectivity index (χ0) is 11.3. The van der Waals surface area contributed by atoms with E-state index in [9.17, 15) is 5.11 Å². The first-order valence-electron chi connectivity index (χ1n) is 5.77. The van der Waals surface area contributed by atoms with Gasteiger partial charge in [0.05, 0.1) is 11.7 Å². The maximum atomic E-state index is 10.1. The largest absolute Gasteiger partial charge is 0.389 e. The Balaban J connectivity index is 2.67. The summed E-state index contributed by atoms with van der Waals surface area (Å²) in [6.45, 7) is 4.03. The second kappa shape index (κ2) is 5.53. The van der Waals surface area contributed by atoms with E-state index in [-0.39, 0.29) is 5.60 Å². The van der Waals surface area contributed by atoms with E-state index in [2.05, 4.69) is 18.8 Å². The van der Waals surface area contributed by atoms with Crippen LogP contribution in [-0.4, -0.2) is 23.9 Å². The van der Waals surface area contributed by atoms with Gasteiger partial charge in [-0.2, -0.15) is 0 Å². The lowest BCUT2D eigenvalue weighted by Crippen LogP contribution is -2.47. The fraction of sp³-hybridized carbons (Fsp3) is 0.846. The lowest BCUT2D eigenvalue weighted by molar-refractivity contribution is -0.129. The molecule has 0 bridgehead atoms. The first-order chi connectivity index (χ1) is 7.14. The third-order valence-electron chi connectivity index (χ3n) is 3.48. The lowest BCUT2D eigenvalue weighted by Gasteiger charge is -2.41. The molecule has 86 valence electrons. The van der Waals surface area contributed by atoms with Crippen molar-refractivity contribution in [3.63, 3.8) is 0 Å². The van der Waals surface area contributed by atoms with Gasteiger partial charge in [-0.3, -0.25) is 0 Å². The summed E-state index contributed by atoms with van der Waals surface area (Å²) < 4.78 is 5.59. The Morgan fingerprint density at radius 1 is 1.60 bits per heavy atom. The van der Waals surface area contributed by atoms with Gasteiger partial charge < -0.3 is 9.84 Å². The number of rotatable bonds is 3. The first kappa shape index (κ1) is 12.5. The highest BCUT2D eigenvalue weighted by Crippen LogP contribution is 2.38. The zero-order valence-corrected chi connectivity index (χ0v) is 10.0. The average Bonchev–Trinajstić information content (AvgIpc) is 2.25. The Labute approximate surface area is 93.0 Å². The van der Waals surface area contributed by atoms with Crippen molar-refractivity contribution in [2.75, 3.05) is 7.11 Å². The van der Waals surface area contributed by atoms with Crippen molar-refractivity contribution in [3.05, 3.63) is 0 Å². The molecule has 0 amide bonds. The highest BCUT2D eigenvalue weighted by molar-refractivity contribution is 5.02. The minimum absolute atomic E-state index is 0.346. The molecule has 0 spiro atoms. The summed E-state index contributed by atoms with van der Waals surface area (Å²) in [5, 5.41) is 10.1. The quantitative estimate of drug-likeness (QED) is 0.725. The normalized spacial score (nSPS) is 32.9. The molecule has 1 aliphatic carbocycles. The molecule has 15 heavy (non-hydrogen) atoms. The predicted octanol–water partition coefficient (Wildman–Crippen LogP) is 2.36. The summed E-state index contributed by atoms with van der Waals surface area (Å²) in [5.74, 6) is 6.41. The second-order valence-corrected chi connectivity index (χ2v) is 4.62. The molecule has 0 saturated heterocycles. The maximum absolute atomic E-state index is 10.1. The molecule has 0 heterocycles. The minimum atomic E-state index is -0.447. The van der Waals surface area contributed by atoms with Gasteiger partial charge in [-0.05, 0) is 25.7 Å². The standard InChI is InChI=1S/C13H22O2/c1-4-5-8-12(14)13(15-3)9-6-7-11(2)10-13/h11-12,14H,6-10H2,1-3H3. The van der Waals surface area contributed by atoms with E-state index in [4.69, 9.17) is 4.74 Å². The Morgan fingerprint density at radius 3 is 2.87 bits per heavy atom. The zero-order valence-electron chi connectivity index (χ0n) is 10.0. The summed E-state index contributed by atoms with van der Waals surface area (Å²) in [6.07, 6.45) is 4.38. The Kier molecular flexibility index (Phi) is 4.63. The van der Waals surface area contributed by atoms with Crippen LogP contribution in [0.15, 0.2) is 0 Å². The highest BCUT2D eigenvalue weighted by Gasteiger charge is 2.40. The van der Waals surface area contributed by atoms with Gasteiger partial charge in [0.25, 0.3) is 0 Å². The van der Waals surface area contributed by atoms with Crippen LogP contribution < -0.4 is 0 Å². The molecule has 0 aromatic heterocycles. The van der Waals surface area contributed by atoms with E-state index in [1.54, 1.807) is 14.0 Å². The van der Waals surface area contributed by atoms with Gasteiger partial charge in [-0.25, -0.2) is 0 Å². The van der Waals surface area contributed by atoms with Gasteiger partial charge in [-0.15, -0.1) is 11.8 Å². The Bertz CT molecular complexity index is 251. The fourth-order valence-corrected chi connectivity index (χ4v) is 2.55. The number of hydrogen-bond acceptors (Lipinski definition) is 2. The van der Waals surface area contributed by atoms with Crippen LogP contribution in [0.2, 0.25) is 0 Å². The number of ether oxygens (including phenoxy) is 1. The van der Waals surface area contributed by atoms with Gasteiger partial charge in [0.1, 0.15) is 0 Å². The molecule has 0 aromatic carbocycles. The molecule has 0 radical (unpaired) electrons. The molecule has 2 heteroatoms. The molecule has 3 unspecified atom stereocenters. The Hall–Kier alpha value is -0.520. The summed E-state index contributed by atoms with van der Waals surface area (Å²) in [5.41, 5.74) is -0.346. The highest BCUT2D eigenvalue weighted by atomic mass is 16.5. The van der Waals surface area contributed by atoms with Crippen LogP contribution in [0.25, 0.3) is 0 Å². The van der Waals surface area contributed by atoms with Crippen LogP contribution in [0.3, 0.4) is 0 Å². The third kappa shape index (κ3) is 2.96. The Morgan fingerprint density at radius 2 is 2.33 bits per heavy atom. The van der Waals surface area contributed by atoms with Gasteiger partial charge in [-0.1, -0.05) is 19.8 Å². The molecular weight excluding hydrogens is 188 g/mol. The molecule has 1 saturated carbocycles.